The number of benzene rings is 4. The lowest BCUT2D eigenvalue weighted by Gasteiger charge is -2.22. The molecular weight excluding hydrogens is 498 g/mol. The molecular formula is C30H29N3O4S. The highest BCUT2D eigenvalue weighted by molar-refractivity contribution is 7.92. The number of hydrogen-bond donors (Lipinski definition) is 2. The van der Waals surface area contributed by atoms with E-state index in [1.165, 1.54) is 19.2 Å². The summed E-state index contributed by atoms with van der Waals surface area (Å²) in [6.07, 6.45) is 0.677. The lowest BCUT2D eigenvalue weighted by atomic mass is 10.1. The van der Waals surface area contributed by atoms with Crippen molar-refractivity contribution < 1.29 is 18.0 Å². The number of para-hydroxylation sites is 2. The van der Waals surface area contributed by atoms with E-state index in [1.54, 1.807) is 60.7 Å². The first kappa shape index (κ1) is 26.6. The molecule has 0 saturated carbocycles. The van der Waals surface area contributed by atoms with Crippen LogP contribution in [0.5, 0.6) is 0 Å². The summed E-state index contributed by atoms with van der Waals surface area (Å²) in [6.45, 7) is 2.32. The SMILES string of the molecule is Cc1ccc(S(=O)(=O)N(C)c2ccccc2C(=O)Nc2ccccc2C(=O)NCCc2ccccc2)cc1. The van der Waals surface area contributed by atoms with E-state index in [-0.39, 0.29) is 22.1 Å². The highest BCUT2D eigenvalue weighted by atomic mass is 32.2. The summed E-state index contributed by atoms with van der Waals surface area (Å²) >= 11 is 0. The highest BCUT2D eigenvalue weighted by Gasteiger charge is 2.25. The standard InChI is InChI=1S/C30H29N3O4S/c1-22-16-18-24(19-17-22)38(36,37)33(2)28-15-9-7-13-26(28)30(35)32-27-14-8-6-12-25(27)29(34)31-21-20-23-10-4-3-5-11-23/h3-19H,20-21H2,1-2H3,(H,31,34)(H,32,35). The fourth-order valence-electron chi connectivity index (χ4n) is 3.98. The minimum absolute atomic E-state index is 0.123. The molecule has 0 radical (unpaired) electrons. The zero-order chi connectivity index (χ0) is 27.1. The largest absolute Gasteiger partial charge is 0.352 e. The minimum Gasteiger partial charge on any atom is -0.352 e. The Bertz CT molecular complexity index is 1540. The van der Waals surface area contributed by atoms with Crippen LogP contribution >= 0.6 is 0 Å². The maximum Gasteiger partial charge on any atom is 0.264 e. The molecule has 0 aliphatic rings. The van der Waals surface area contributed by atoms with Crippen LogP contribution in [0.15, 0.2) is 108 Å². The number of hydrogen-bond acceptors (Lipinski definition) is 4. The zero-order valence-electron chi connectivity index (χ0n) is 21.2. The topological polar surface area (TPSA) is 95.6 Å². The minimum atomic E-state index is -3.90. The molecule has 0 unspecified atom stereocenters. The molecule has 4 aromatic rings. The van der Waals surface area contributed by atoms with Gasteiger partial charge >= 0.3 is 0 Å². The Balaban J connectivity index is 1.52. The molecule has 7 nitrogen and oxygen atoms in total. The van der Waals surface area contributed by atoms with Crippen molar-refractivity contribution in [1.29, 1.82) is 0 Å². The molecule has 0 saturated heterocycles. The van der Waals surface area contributed by atoms with Crippen LogP contribution in [0.3, 0.4) is 0 Å². The predicted molar refractivity (Wildman–Crippen MR) is 150 cm³/mol. The molecule has 0 fully saturated rings. The Labute approximate surface area is 223 Å². The van der Waals surface area contributed by atoms with E-state index in [4.69, 9.17) is 0 Å². The van der Waals surface area contributed by atoms with E-state index >= 15 is 0 Å². The van der Waals surface area contributed by atoms with Gasteiger partial charge in [0.05, 0.1) is 27.4 Å². The van der Waals surface area contributed by atoms with Crippen LogP contribution in [0.4, 0.5) is 11.4 Å². The summed E-state index contributed by atoms with van der Waals surface area (Å²) in [7, 11) is -2.49. The van der Waals surface area contributed by atoms with Gasteiger partial charge in [0.2, 0.25) is 0 Å². The number of anilines is 2. The van der Waals surface area contributed by atoms with Crippen molar-refractivity contribution in [1.82, 2.24) is 5.32 Å². The molecule has 0 atom stereocenters. The van der Waals surface area contributed by atoms with Gasteiger partial charge in [-0.25, -0.2) is 8.42 Å². The maximum absolute atomic E-state index is 13.4. The summed E-state index contributed by atoms with van der Waals surface area (Å²) in [5.74, 6) is -0.847. The van der Waals surface area contributed by atoms with Gasteiger partial charge in [-0.1, -0.05) is 72.3 Å². The first-order valence-corrected chi connectivity index (χ1v) is 13.6. The van der Waals surface area contributed by atoms with Crippen molar-refractivity contribution in [3.63, 3.8) is 0 Å². The summed E-state index contributed by atoms with van der Waals surface area (Å²) in [4.78, 5) is 26.4. The van der Waals surface area contributed by atoms with Crippen molar-refractivity contribution in [3.05, 3.63) is 125 Å². The third-order valence-corrected chi connectivity index (χ3v) is 7.91. The van der Waals surface area contributed by atoms with E-state index in [0.29, 0.717) is 24.2 Å². The first-order chi connectivity index (χ1) is 18.3. The van der Waals surface area contributed by atoms with E-state index in [1.807, 2.05) is 37.3 Å². The van der Waals surface area contributed by atoms with Gasteiger partial charge in [0, 0.05) is 13.6 Å². The summed E-state index contributed by atoms with van der Waals surface area (Å²) in [5, 5.41) is 5.68. The smallest absolute Gasteiger partial charge is 0.264 e. The third-order valence-electron chi connectivity index (χ3n) is 6.13. The van der Waals surface area contributed by atoms with E-state index in [0.717, 1.165) is 15.4 Å². The number of carbonyl (C=O) groups excluding carboxylic acids is 2. The maximum atomic E-state index is 13.4. The van der Waals surface area contributed by atoms with Crippen molar-refractivity contribution in [2.45, 2.75) is 18.2 Å². The molecule has 0 aromatic heterocycles. The van der Waals surface area contributed by atoms with Crippen molar-refractivity contribution in [3.8, 4) is 0 Å². The number of amides is 2. The quantitative estimate of drug-likeness (QED) is 0.319. The zero-order valence-corrected chi connectivity index (χ0v) is 22.0. The van der Waals surface area contributed by atoms with Crippen LogP contribution in [-0.4, -0.2) is 33.8 Å². The van der Waals surface area contributed by atoms with Crippen LogP contribution < -0.4 is 14.9 Å². The number of rotatable bonds is 9. The number of sulfonamides is 1. The van der Waals surface area contributed by atoms with E-state index < -0.39 is 15.9 Å². The Morgan fingerprint density at radius 1 is 0.737 bits per heavy atom. The van der Waals surface area contributed by atoms with Crippen LogP contribution in [0.1, 0.15) is 31.8 Å². The fraction of sp³-hybridized carbons (Fsp3) is 0.133. The van der Waals surface area contributed by atoms with Gasteiger partial charge in [0.15, 0.2) is 0 Å². The number of nitrogens with zero attached hydrogens (tertiary/aromatic N) is 1. The molecule has 8 heteroatoms. The molecule has 38 heavy (non-hydrogen) atoms. The Morgan fingerprint density at radius 3 is 2.05 bits per heavy atom. The van der Waals surface area contributed by atoms with Crippen LogP contribution in [0.2, 0.25) is 0 Å². The second-order valence-electron chi connectivity index (χ2n) is 8.79. The second-order valence-corrected chi connectivity index (χ2v) is 10.8. The highest BCUT2D eigenvalue weighted by Crippen LogP contribution is 2.27. The Hall–Kier alpha value is -4.43. The van der Waals surface area contributed by atoms with Crippen LogP contribution in [0.25, 0.3) is 0 Å². The second kappa shape index (κ2) is 11.7. The molecule has 0 aliphatic carbocycles. The summed E-state index contributed by atoms with van der Waals surface area (Å²) in [6, 6.07) is 29.5. The molecule has 0 bridgehead atoms. The molecule has 2 N–H and O–H groups in total. The van der Waals surface area contributed by atoms with Crippen LogP contribution in [-0.2, 0) is 16.4 Å². The number of nitrogens with one attached hydrogen (secondary N) is 2. The molecule has 4 rings (SSSR count). The molecule has 2 amide bonds. The lowest BCUT2D eigenvalue weighted by molar-refractivity contribution is 0.0955. The van der Waals surface area contributed by atoms with Gasteiger partial charge in [0.25, 0.3) is 21.8 Å². The molecule has 0 aliphatic heterocycles. The number of carbonyl (C=O) groups is 2. The van der Waals surface area contributed by atoms with Gasteiger partial charge in [0.1, 0.15) is 0 Å². The molecule has 194 valence electrons. The number of aryl methyl sites for hydroxylation is 1. The van der Waals surface area contributed by atoms with Gasteiger partial charge in [-0.3, -0.25) is 13.9 Å². The average molecular weight is 528 g/mol. The van der Waals surface area contributed by atoms with Gasteiger partial charge in [-0.05, 0) is 55.3 Å². The van der Waals surface area contributed by atoms with E-state index in [9.17, 15) is 18.0 Å². The third kappa shape index (κ3) is 6.10. The van der Waals surface area contributed by atoms with Crippen molar-refractivity contribution >= 4 is 33.2 Å². The van der Waals surface area contributed by atoms with Crippen molar-refractivity contribution in [2.75, 3.05) is 23.2 Å². The summed E-state index contributed by atoms with van der Waals surface area (Å²) in [5.41, 5.74) is 3.06. The Kier molecular flexibility index (Phi) is 8.23. The average Bonchev–Trinajstić information content (AvgIpc) is 2.93. The Morgan fingerprint density at radius 2 is 1.34 bits per heavy atom. The molecule has 0 spiro atoms. The first-order valence-electron chi connectivity index (χ1n) is 12.1. The van der Waals surface area contributed by atoms with Gasteiger partial charge in [-0.2, -0.15) is 0 Å². The van der Waals surface area contributed by atoms with Crippen LogP contribution in [0, 0.1) is 6.92 Å². The normalized spacial score (nSPS) is 11.0. The monoisotopic (exact) mass is 527 g/mol. The summed E-state index contributed by atoms with van der Waals surface area (Å²) < 4.78 is 27.6. The van der Waals surface area contributed by atoms with Gasteiger partial charge < -0.3 is 10.6 Å². The lowest BCUT2D eigenvalue weighted by Crippen LogP contribution is -2.29. The van der Waals surface area contributed by atoms with Gasteiger partial charge in [-0.15, -0.1) is 0 Å². The predicted octanol–water partition coefficient (Wildman–Crippen LogP) is 5.04. The van der Waals surface area contributed by atoms with E-state index in [2.05, 4.69) is 10.6 Å². The fourth-order valence-corrected chi connectivity index (χ4v) is 5.19. The van der Waals surface area contributed by atoms with Crippen molar-refractivity contribution in [2.24, 2.45) is 0 Å². The molecule has 0 heterocycles. The molecule has 4 aromatic carbocycles.